The maximum absolute atomic E-state index is 13.4. The highest BCUT2D eigenvalue weighted by Crippen LogP contribution is 2.20. The van der Waals surface area contributed by atoms with Gasteiger partial charge in [0, 0.05) is 16.8 Å². The SMILES string of the molecule is CSc1ccc(NS(=O)(=O)c2ncccc2F)cc1. The van der Waals surface area contributed by atoms with E-state index >= 15 is 0 Å². The second-order valence-corrected chi connectivity index (χ2v) is 6.10. The standard InChI is InChI=1S/C12H11FN2O2S2/c1-18-10-6-4-9(5-7-10)15-19(16,17)12-11(13)3-2-8-14-12/h2-8,15H,1H3. The molecule has 2 aromatic rings. The Bertz CT molecular complexity index is 672. The molecule has 19 heavy (non-hydrogen) atoms. The third kappa shape index (κ3) is 3.24. The van der Waals surface area contributed by atoms with Gasteiger partial charge in [-0.25, -0.2) is 9.37 Å². The first-order valence-electron chi connectivity index (χ1n) is 5.30. The fourth-order valence-electron chi connectivity index (χ4n) is 1.43. The fraction of sp³-hybridized carbons (Fsp3) is 0.0833. The van der Waals surface area contributed by atoms with Crippen LogP contribution >= 0.6 is 11.8 Å². The molecule has 0 fully saturated rings. The smallest absolute Gasteiger partial charge is 0.278 e. The van der Waals surface area contributed by atoms with E-state index in [1.165, 1.54) is 12.3 Å². The molecule has 1 aromatic heterocycles. The number of thioether (sulfide) groups is 1. The molecule has 0 saturated carbocycles. The Hall–Kier alpha value is -1.60. The molecule has 0 bridgehead atoms. The molecule has 0 aliphatic heterocycles. The van der Waals surface area contributed by atoms with Crippen molar-refractivity contribution in [3.63, 3.8) is 0 Å². The number of nitrogens with one attached hydrogen (secondary N) is 1. The molecule has 0 spiro atoms. The van der Waals surface area contributed by atoms with Crippen LogP contribution in [0.1, 0.15) is 0 Å². The van der Waals surface area contributed by atoms with Gasteiger partial charge in [0.25, 0.3) is 10.0 Å². The minimum atomic E-state index is -4.01. The first-order valence-corrected chi connectivity index (χ1v) is 8.01. The highest BCUT2D eigenvalue weighted by atomic mass is 32.2. The number of nitrogens with zero attached hydrogens (tertiary/aromatic N) is 1. The Labute approximate surface area is 115 Å². The van der Waals surface area contributed by atoms with Crippen molar-refractivity contribution in [1.82, 2.24) is 4.98 Å². The number of aromatic nitrogens is 1. The molecule has 1 heterocycles. The summed E-state index contributed by atoms with van der Waals surface area (Å²) in [6.07, 6.45) is 3.15. The molecule has 4 nitrogen and oxygen atoms in total. The van der Waals surface area contributed by atoms with E-state index in [1.807, 2.05) is 6.26 Å². The van der Waals surface area contributed by atoms with Gasteiger partial charge in [-0.1, -0.05) is 0 Å². The van der Waals surface area contributed by atoms with E-state index in [0.29, 0.717) is 5.69 Å². The molecular formula is C12H11FN2O2S2. The minimum Gasteiger partial charge on any atom is -0.278 e. The molecule has 0 unspecified atom stereocenters. The first kappa shape index (κ1) is 13.8. The van der Waals surface area contributed by atoms with Crippen molar-refractivity contribution >= 4 is 27.5 Å². The summed E-state index contributed by atoms with van der Waals surface area (Å²) in [5, 5.41) is -0.607. The quantitative estimate of drug-likeness (QED) is 0.882. The average molecular weight is 298 g/mol. The van der Waals surface area contributed by atoms with E-state index in [1.54, 1.807) is 36.0 Å². The highest BCUT2D eigenvalue weighted by molar-refractivity contribution is 7.98. The van der Waals surface area contributed by atoms with Crippen LogP contribution in [0.5, 0.6) is 0 Å². The van der Waals surface area contributed by atoms with Gasteiger partial charge in [0.15, 0.2) is 5.82 Å². The average Bonchev–Trinajstić information content (AvgIpc) is 2.39. The maximum Gasteiger partial charge on any atom is 0.282 e. The van der Waals surface area contributed by atoms with E-state index in [-0.39, 0.29) is 0 Å². The maximum atomic E-state index is 13.4. The van der Waals surface area contributed by atoms with Crippen LogP contribution in [-0.2, 0) is 10.0 Å². The number of rotatable bonds is 4. The lowest BCUT2D eigenvalue weighted by Crippen LogP contribution is -2.16. The molecule has 0 aliphatic carbocycles. The molecule has 7 heteroatoms. The van der Waals surface area contributed by atoms with Crippen LogP contribution in [0.15, 0.2) is 52.5 Å². The van der Waals surface area contributed by atoms with Crippen LogP contribution in [0.25, 0.3) is 0 Å². The van der Waals surface area contributed by atoms with Crippen LogP contribution in [0.2, 0.25) is 0 Å². The topological polar surface area (TPSA) is 59.1 Å². The Morgan fingerprint density at radius 3 is 2.47 bits per heavy atom. The summed E-state index contributed by atoms with van der Waals surface area (Å²) in [5.74, 6) is -0.879. The second-order valence-electron chi connectivity index (χ2n) is 3.62. The molecule has 1 aromatic carbocycles. The van der Waals surface area contributed by atoms with Crippen molar-refractivity contribution < 1.29 is 12.8 Å². The summed E-state index contributed by atoms with van der Waals surface area (Å²) < 4.78 is 39.6. The number of hydrogen-bond acceptors (Lipinski definition) is 4. The number of pyridine rings is 1. The fourth-order valence-corrected chi connectivity index (χ4v) is 2.91. The molecule has 100 valence electrons. The first-order chi connectivity index (χ1) is 9.03. The lowest BCUT2D eigenvalue weighted by atomic mass is 10.3. The van der Waals surface area contributed by atoms with E-state index in [4.69, 9.17) is 0 Å². The van der Waals surface area contributed by atoms with E-state index in [0.717, 1.165) is 11.0 Å². The van der Waals surface area contributed by atoms with Crippen molar-refractivity contribution in [2.24, 2.45) is 0 Å². The number of anilines is 1. The molecule has 0 atom stereocenters. The number of benzene rings is 1. The van der Waals surface area contributed by atoms with Crippen LogP contribution in [-0.4, -0.2) is 19.7 Å². The molecule has 1 N–H and O–H groups in total. The predicted octanol–water partition coefficient (Wildman–Crippen LogP) is 2.74. The largest absolute Gasteiger partial charge is 0.282 e. The van der Waals surface area contributed by atoms with Crippen molar-refractivity contribution in [1.29, 1.82) is 0 Å². The van der Waals surface area contributed by atoms with Crippen LogP contribution in [0.4, 0.5) is 10.1 Å². The van der Waals surface area contributed by atoms with E-state index in [9.17, 15) is 12.8 Å². The summed E-state index contributed by atoms with van der Waals surface area (Å²) in [7, 11) is -4.01. The van der Waals surface area contributed by atoms with Gasteiger partial charge in [0.05, 0.1) is 0 Å². The summed E-state index contributed by atoms with van der Waals surface area (Å²) >= 11 is 1.54. The third-order valence-electron chi connectivity index (χ3n) is 2.32. The number of hydrogen-bond donors (Lipinski definition) is 1. The highest BCUT2D eigenvalue weighted by Gasteiger charge is 2.20. The molecule has 0 radical (unpaired) electrons. The Morgan fingerprint density at radius 1 is 1.21 bits per heavy atom. The van der Waals surface area contributed by atoms with Crippen molar-refractivity contribution in [2.45, 2.75) is 9.92 Å². The predicted molar refractivity (Wildman–Crippen MR) is 73.2 cm³/mol. The van der Waals surface area contributed by atoms with Gasteiger partial charge in [0.2, 0.25) is 5.03 Å². The zero-order chi connectivity index (χ0) is 13.9. The van der Waals surface area contributed by atoms with Gasteiger partial charge in [-0.15, -0.1) is 11.8 Å². The lowest BCUT2D eigenvalue weighted by molar-refractivity contribution is 0.557. The molecule has 0 aliphatic rings. The van der Waals surface area contributed by atoms with Gasteiger partial charge in [0.1, 0.15) is 0 Å². The Morgan fingerprint density at radius 2 is 1.89 bits per heavy atom. The van der Waals surface area contributed by atoms with E-state index in [2.05, 4.69) is 9.71 Å². The van der Waals surface area contributed by atoms with Crippen molar-refractivity contribution in [3.05, 3.63) is 48.4 Å². The summed E-state index contributed by atoms with van der Waals surface area (Å²) in [4.78, 5) is 4.56. The van der Waals surface area contributed by atoms with Gasteiger partial charge in [-0.3, -0.25) is 4.72 Å². The van der Waals surface area contributed by atoms with Crippen LogP contribution in [0.3, 0.4) is 0 Å². The number of halogens is 1. The summed E-state index contributed by atoms with van der Waals surface area (Å²) in [6.45, 7) is 0. The molecular weight excluding hydrogens is 287 g/mol. The van der Waals surface area contributed by atoms with E-state index < -0.39 is 20.9 Å². The van der Waals surface area contributed by atoms with Crippen molar-refractivity contribution in [3.8, 4) is 0 Å². The van der Waals surface area contributed by atoms with Crippen LogP contribution < -0.4 is 4.72 Å². The molecule has 0 amide bonds. The monoisotopic (exact) mass is 298 g/mol. The minimum absolute atomic E-state index is 0.364. The van der Waals surface area contributed by atoms with Gasteiger partial charge >= 0.3 is 0 Å². The Balaban J connectivity index is 2.28. The molecule has 0 saturated heterocycles. The Kier molecular flexibility index (Phi) is 4.06. The zero-order valence-corrected chi connectivity index (χ0v) is 11.6. The second kappa shape index (κ2) is 5.58. The van der Waals surface area contributed by atoms with Gasteiger partial charge in [-0.05, 0) is 42.7 Å². The summed E-state index contributed by atoms with van der Waals surface area (Å²) in [5.41, 5.74) is 0.364. The molecule has 2 rings (SSSR count). The van der Waals surface area contributed by atoms with Crippen LogP contribution in [0, 0.1) is 5.82 Å². The van der Waals surface area contributed by atoms with Crippen molar-refractivity contribution in [2.75, 3.05) is 11.0 Å². The van der Waals surface area contributed by atoms with Gasteiger partial charge in [-0.2, -0.15) is 8.42 Å². The third-order valence-corrected chi connectivity index (χ3v) is 4.38. The normalized spacial score (nSPS) is 11.3. The summed E-state index contributed by atoms with van der Waals surface area (Å²) in [6, 6.07) is 9.17. The lowest BCUT2D eigenvalue weighted by Gasteiger charge is -2.08. The van der Waals surface area contributed by atoms with Gasteiger partial charge < -0.3 is 0 Å². The zero-order valence-electron chi connectivity index (χ0n) is 10.00. The number of sulfonamides is 1.